The van der Waals surface area contributed by atoms with Crippen molar-refractivity contribution in [3.63, 3.8) is 0 Å². The Hall–Kier alpha value is -0.561. The molecule has 0 radical (unpaired) electrons. The second-order valence-corrected chi connectivity index (χ2v) is 7.69. The van der Waals surface area contributed by atoms with E-state index in [9.17, 15) is 0 Å². The molecule has 1 saturated carbocycles. The normalized spacial score (nSPS) is 32.5. The van der Waals surface area contributed by atoms with Gasteiger partial charge < -0.3 is 0 Å². The van der Waals surface area contributed by atoms with Gasteiger partial charge in [-0.2, -0.15) is 0 Å². The summed E-state index contributed by atoms with van der Waals surface area (Å²) in [6.07, 6.45) is 4.41. The van der Waals surface area contributed by atoms with Crippen molar-refractivity contribution in [1.82, 2.24) is 0 Å². The van der Waals surface area contributed by atoms with Gasteiger partial charge in [-0.05, 0) is 0 Å². The van der Waals surface area contributed by atoms with Crippen LogP contribution in [0.15, 0.2) is 42.5 Å². The summed E-state index contributed by atoms with van der Waals surface area (Å²) in [5, 5.41) is 0. The van der Waals surface area contributed by atoms with Crippen LogP contribution in [0.4, 0.5) is 0 Å². The minimum atomic E-state index is 0.479. The monoisotopic (exact) mass is 294 g/mol. The number of ether oxygens (including phenoxy) is 1. The molecule has 17 heavy (non-hydrogen) atoms. The Bertz CT molecular complexity index is 401. The van der Waals surface area contributed by atoms with Crippen molar-refractivity contribution in [2.45, 2.75) is 30.2 Å². The van der Waals surface area contributed by atoms with E-state index in [-0.39, 0.29) is 0 Å². The van der Waals surface area contributed by atoms with E-state index in [1.54, 1.807) is 0 Å². The summed E-state index contributed by atoms with van der Waals surface area (Å²) in [7, 11) is 0. The minimum absolute atomic E-state index is 0.479. The fourth-order valence-electron chi connectivity index (χ4n) is 2.95. The zero-order valence-electron chi connectivity index (χ0n) is 9.97. The van der Waals surface area contributed by atoms with E-state index in [1.165, 1.54) is 29.3 Å². The molecule has 2 heteroatoms. The van der Waals surface area contributed by atoms with Crippen molar-refractivity contribution < 1.29 is 4.74 Å². The number of hydrogen-bond donors (Lipinski definition) is 0. The van der Waals surface area contributed by atoms with Crippen molar-refractivity contribution in [2.24, 2.45) is 5.92 Å². The van der Waals surface area contributed by atoms with Gasteiger partial charge >= 0.3 is 109 Å². The predicted octanol–water partition coefficient (Wildman–Crippen LogP) is 2.56. The van der Waals surface area contributed by atoms with Gasteiger partial charge in [0.1, 0.15) is 0 Å². The molecule has 1 aliphatic carbocycles. The summed E-state index contributed by atoms with van der Waals surface area (Å²) >= 11 is 0.571. The molecular weight excluding hydrogens is 275 g/mol. The van der Waals surface area contributed by atoms with Gasteiger partial charge in [-0.15, -0.1) is 0 Å². The van der Waals surface area contributed by atoms with Gasteiger partial charge in [0.15, 0.2) is 0 Å². The third-order valence-electron chi connectivity index (χ3n) is 3.76. The molecule has 1 unspecified atom stereocenters. The topological polar surface area (TPSA) is 9.23 Å². The van der Waals surface area contributed by atoms with E-state index in [4.69, 9.17) is 4.74 Å². The Morgan fingerprint density at radius 3 is 2.82 bits per heavy atom. The van der Waals surface area contributed by atoms with Crippen molar-refractivity contribution in [3.8, 4) is 0 Å². The average Bonchev–Trinajstić information content (AvgIpc) is 2.74. The molecule has 1 nitrogen and oxygen atoms in total. The van der Waals surface area contributed by atoms with Crippen LogP contribution in [0, 0.1) is 5.92 Å². The molecular formula is C15H18OSe. The zero-order chi connectivity index (χ0) is 11.7. The summed E-state index contributed by atoms with van der Waals surface area (Å²) in [5.41, 5.74) is 1.34. The molecule has 1 heterocycles. The molecule has 0 amide bonds. The van der Waals surface area contributed by atoms with E-state index in [0.717, 1.165) is 11.4 Å². The SMILES string of the molecule is C=C1CO[C@@H]2CCCC([Se]c3ccccc3)[C@H]12. The number of benzene rings is 1. The van der Waals surface area contributed by atoms with Gasteiger partial charge in [0.2, 0.25) is 0 Å². The standard InChI is InChI=1S/C15H18OSe/c1-11-10-16-13-8-5-9-14(15(11)13)17-12-6-3-2-4-7-12/h2-4,6-7,13-15H,1,5,8-10H2/t13-,14?,15-/m1/s1. The fraction of sp³-hybridized carbons (Fsp3) is 0.467. The molecule has 3 rings (SSSR count). The van der Waals surface area contributed by atoms with Crippen LogP contribution in [0.3, 0.4) is 0 Å². The molecule has 1 aromatic carbocycles. The van der Waals surface area contributed by atoms with Gasteiger partial charge in [0, 0.05) is 0 Å². The van der Waals surface area contributed by atoms with Crippen molar-refractivity contribution >= 4 is 19.4 Å². The van der Waals surface area contributed by atoms with Crippen LogP contribution < -0.4 is 4.46 Å². The first-order valence-corrected chi connectivity index (χ1v) is 8.20. The number of rotatable bonds is 2. The molecule has 1 aromatic rings. The van der Waals surface area contributed by atoms with Crippen LogP contribution >= 0.6 is 0 Å². The van der Waals surface area contributed by atoms with Gasteiger partial charge in [0.05, 0.1) is 0 Å². The van der Waals surface area contributed by atoms with Crippen molar-refractivity contribution in [2.75, 3.05) is 6.61 Å². The summed E-state index contributed by atoms with van der Waals surface area (Å²) in [5.74, 6) is 0.643. The van der Waals surface area contributed by atoms with Crippen LogP contribution in [-0.2, 0) is 4.74 Å². The molecule has 0 aromatic heterocycles. The zero-order valence-corrected chi connectivity index (χ0v) is 11.7. The van der Waals surface area contributed by atoms with Gasteiger partial charge in [-0.1, -0.05) is 0 Å². The predicted molar refractivity (Wildman–Crippen MR) is 71.8 cm³/mol. The third kappa shape index (κ3) is 2.35. The van der Waals surface area contributed by atoms with E-state index in [0.29, 0.717) is 27.0 Å². The number of fused-ring (bicyclic) bond motifs is 1. The average molecular weight is 293 g/mol. The Morgan fingerprint density at radius 2 is 2.00 bits per heavy atom. The van der Waals surface area contributed by atoms with E-state index < -0.39 is 0 Å². The van der Waals surface area contributed by atoms with Crippen LogP contribution in [0.25, 0.3) is 0 Å². The number of hydrogen-bond acceptors (Lipinski definition) is 1. The second kappa shape index (κ2) is 4.97. The molecule has 3 atom stereocenters. The first-order valence-electron chi connectivity index (χ1n) is 6.35. The van der Waals surface area contributed by atoms with Gasteiger partial charge in [0.25, 0.3) is 0 Å². The molecule has 1 saturated heterocycles. The molecule has 0 spiro atoms. The first-order chi connectivity index (χ1) is 8.34. The molecule has 0 bridgehead atoms. The third-order valence-corrected chi connectivity index (χ3v) is 6.65. The molecule has 0 N–H and O–H groups in total. The van der Waals surface area contributed by atoms with E-state index in [1.807, 2.05) is 0 Å². The maximum absolute atomic E-state index is 5.85. The Labute approximate surface area is 109 Å². The molecule has 2 fully saturated rings. The van der Waals surface area contributed by atoms with Crippen LogP contribution in [-0.4, -0.2) is 27.7 Å². The van der Waals surface area contributed by atoms with E-state index >= 15 is 0 Å². The van der Waals surface area contributed by atoms with Gasteiger partial charge in [-0.3, -0.25) is 0 Å². The first kappa shape index (κ1) is 11.5. The Morgan fingerprint density at radius 1 is 1.18 bits per heavy atom. The molecule has 2 aliphatic rings. The summed E-state index contributed by atoms with van der Waals surface area (Å²) in [4.78, 5) is 0.804. The van der Waals surface area contributed by atoms with Gasteiger partial charge in [-0.25, -0.2) is 0 Å². The summed E-state index contributed by atoms with van der Waals surface area (Å²) in [6, 6.07) is 10.9. The second-order valence-electron chi connectivity index (χ2n) is 4.93. The van der Waals surface area contributed by atoms with Crippen LogP contribution in [0.1, 0.15) is 19.3 Å². The Kier molecular flexibility index (Phi) is 3.37. The summed E-state index contributed by atoms with van der Waals surface area (Å²) < 4.78 is 7.37. The van der Waals surface area contributed by atoms with Crippen LogP contribution in [0.2, 0.25) is 4.82 Å². The van der Waals surface area contributed by atoms with Crippen molar-refractivity contribution in [3.05, 3.63) is 42.5 Å². The quantitative estimate of drug-likeness (QED) is 0.601. The summed E-state index contributed by atoms with van der Waals surface area (Å²) in [6.45, 7) is 5.02. The fourth-order valence-corrected chi connectivity index (χ4v) is 6.02. The Balaban J connectivity index is 1.76. The van der Waals surface area contributed by atoms with Crippen molar-refractivity contribution in [1.29, 1.82) is 0 Å². The maximum atomic E-state index is 5.85. The van der Waals surface area contributed by atoms with E-state index in [2.05, 4.69) is 36.9 Å². The molecule has 1 aliphatic heterocycles. The van der Waals surface area contributed by atoms with Crippen LogP contribution in [0.5, 0.6) is 0 Å². The molecule has 90 valence electrons.